The van der Waals surface area contributed by atoms with E-state index in [2.05, 4.69) is 31.5 Å². The largest absolute Gasteiger partial charge is 0.480 e. The molecule has 1 N–H and O–H groups in total. The van der Waals surface area contributed by atoms with E-state index in [1.165, 1.54) is 26.4 Å². The number of nitrogens with one attached hydrogen (secondary N) is 1. The first-order chi connectivity index (χ1) is 18.2. The van der Waals surface area contributed by atoms with Crippen molar-refractivity contribution < 1.29 is 21.9 Å². The lowest BCUT2D eigenvalue weighted by Crippen LogP contribution is -2.29. The summed E-state index contributed by atoms with van der Waals surface area (Å²) in [5.41, 5.74) is 2.62. The predicted molar refractivity (Wildman–Crippen MR) is 146 cm³/mol. The summed E-state index contributed by atoms with van der Waals surface area (Å²) in [6.45, 7) is 5.41. The minimum atomic E-state index is -4.42. The van der Waals surface area contributed by atoms with Gasteiger partial charge < -0.3 is 4.74 Å². The lowest BCUT2D eigenvalue weighted by atomic mass is 9.96. The van der Waals surface area contributed by atoms with Gasteiger partial charge >= 0.3 is 0 Å². The maximum absolute atomic E-state index is 14.3. The van der Waals surface area contributed by atoms with Gasteiger partial charge in [0.25, 0.3) is 10.0 Å². The van der Waals surface area contributed by atoms with Crippen LogP contribution in [-0.2, 0) is 21.2 Å². The molecule has 1 unspecified atom stereocenters. The molecule has 0 saturated carbocycles. The number of methoxy groups -OCH3 is 1. The van der Waals surface area contributed by atoms with Crippen molar-refractivity contribution in [1.82, 2.24) is 9.71 Å². The molecule has 0 fully saturated rings. The second-order valence-corrected chi connectivity index (χ2v) is 9.68. The summed E-state index contributed by atoms with van der Waals surface area (Å²) in [7, 11) is -1.66. The van der Waals surface area contributed by atoms with Crippen LogP contribution in [0, 0.1) is 11.6 Å². The fraction of sp³-hybridized carbons (Fsp3) is 0.185. The molecule has 0 aliphatic heterocycles. The van der Waals surface area contributed by atoms with Gasteiger partial charge in [-0.15, -0.1) is 0 Å². The van der Waals surface area contributed by atoms with Gasteiger partial charge in [0.1, 0.15) is 22.2 Å². The lowest BCUT2D eigenvalue weighted by Gasteiger charge is -2.16. The second-order valence-electron chi connectivity index (χ2n) is 8.03. The molecule has 1 atom stereocenters. The van der Waals surface area contributed by atoms with Crippen molar-refractivity contribution in [2.45, 2.75) is 24.2 Å². The Bertz CT molecular complexity index is 1550. The maximum atomic E-state index is 14.3. The van der Waals surface area contributed by atoms with Crippen molar-refractivity contribution in [2.24, 2.45) is 15.2 Å². The van der Waals surface area contributed by atoms with Crippen molar-refractivity contribution in [3.8, 4) is 0 Å². The van der Waals surface area contributed by atoms with Gasteiger partial charge in [-0.1, -0.05) is 19.6 Å². The molecule has 0 radical (unpaired) electrons. The number of hydrogen-bond acceptors (Lipinski definition) is 7. The molecular weight excluding hydrogens is 512 g/mol. The van der Waals surface area contributed by atoms with Crippen LogP contribution in [0.15, 0.2) is 93.2 Å². The molecule has 1 aromatic heterocycles. The molecule has 0 spiro atoms. The topological polar surface area (TPSA) is 105 Å². The summed E-state index contributed by atoms with van der Waals surface area (Å²) in [6.07, 6.45) is 8.53. The van der Waals surface area contributed by atoms with E-state index >= 15 is 0 Å². The van der Waals surface area contributed by atoms with Crippen LogP contribution in [0.3, 0.4) is 0 Å². The first-order valence-electron chi connectivity index (χ1n) is 11.4. The second kappa shape index (κ2) is 12.8. The highest BCUT2D eigenvalue weighted by Crippen LogP contribution is 2.26. The SMILES string of the molecule is C=C/C=N\N=C/Cc1ccnc2ccc(C(C)/C=C(/NS(=O)(=O)c3ccc(F)cc3F)C(=NC)OC)cc12. The summed E-state index contributed by atoms with van der Waals surface area (Å²) in [5, 5.41) is 8.71. The molecule has 3 aromatic rings. The molecule has 0 saturated heterocycles. The average molecular weight is 540 g/mol. The highest BCUT2D eigenvalue weighted by molar-refractivity contribution is 7.89. The number of allylic oxidation sites excluding steroid dienone is 2. The highest BCUT2D eigenvalue weighted by Gasteiger charge is 2.23. The Kier molecular flexibility index (Phi) is 9.55. The minimum Gasteiger partial charge on any atom is -0.480 e. The van der Waals surface area contributed by atoms with Crippen LogP contribution in [0.5, 0.6) is 0 Å². The zero-order chi connectivity index (χ0) is 27.7. The third-order valence-corrected chi connectivity index (χ3v) is 6.88. The van der Waals surface area contributed by atoms with Gasteiger partial charge in [-0.05, 0) is 53.6 Å². The molecule has 0 bridgehead atoms. The first kappa shape index (κ1) is 28.3. The zero-order valence-corrected chi connectivity index (χ0v) is 21.9. The van der Waals surface area contributed by atoms with Crippen LogP contribution >= 0.6 is 0 Å². The van der Waals surface area contributed by atoms with E-state index in [0.29, 0.717) is 12.5 Å². The van der Waals surface area contributed by atoms with Crippen LogP contribution in [0.1, 0.15) is 24.0 Å². The Labute approximate surface area is 220 Å². The molecule has 38 heavy (non-hydrogen) atoms. The molecule has 0 aliphatic rings. The van der Waals surface area contributed by atoms with E-state index in [-0.39, 0.29) is 17.5 Å². The van der Waals surface area contributed by atoms with Gasteiger partial charge in [0.05, 0.1) is 12.6 Å². The molecular formula is C27H27F2N5O3S. The van der Waals surface area contributed by atoms with Gasteiger partial charge in [0.15, 0.2) is 0 Å². The van der Waals surface area contributed by atoms with Gasteiger partial charge in [-0.2, -0.15) is 10.2 Å². The molecule has 0 amide bonds. The summed E-state index contributed by atoms with van der Waals surface area (Å²) < 4.78 is 61.1. The van der Waals surface area contributed by atoms with Crippen LogP contribution in [0.2, 0.25) is 0 Å². The standard InChI is InChI=1S/C27H27F2N5O3S/c1-5-12-32-33-14-11-19-10-13-31-24-8-6-20(16-22(19)24)18(2)15-25(27(30-3)37-4)34-38(35,36)26-9-7-21(28)17-23(26)29/h5-10,12-18,34H,1,11H2,2-4H3/b25-15+,30-27?,32-12-,33-14-. The normalized spacial score (nSPS) is 13.8. The number of rotatable bonds is 10. The molecule has 8 nitrogen and oxygen atoms in total. The number of pyridine rings is 1. The average Bonchev–Trinajstić information content (AvgIpc) is 2.88. The van der Waals surface area contributed by atoms with E-state index in [1.54, 1.807) is 18.5 Å². The monoisotopic (exact) mass is 539 g/mol. The van der Waals surface area contributed by atoms with Gasteiger partial charge in [0.2, 0.25) is 5.90 Å². The molecule has 11 heteroatoms. The number of aliphatic imine (C=N–C) groups is 1. The third kappa shape index (κ3) is 6.94. The number of ether oxygens (including phenoxy) is 1. The number of aromatic nitrogens is 1. The fourth-order valence-corrected chi connectivity index (χ4v) is 4.78. The Morgan fingerprint density at radius 2 is 1.97 bits per heavy atom. The zero-order valence-electron chi connectivity index (χ0n) is 21.1. The van der Waals surface area contributed by atoms with E-state index < -0.39 is 26.6 Å². The number of benzene rings is 2. The number of sulfonamides is 1. The van der Waals surface area contributed by atoms with E-state index in [0.717, 1.165) is 34.2 Å². The fourth-order valence-electron chi connectivity index (χ4n) is 3.66. The van der Waals surface area contributed by atoms with E-state index in [9.17, 15) is 17.2 Å². The van der Waals surface area contributed by atoms with Crippen molar-refractivity contribution >= 4 is 39.3 Å². The quantitative estimate of drug-likeness (QED) is 0.224. The summed E-state index contributed by atoms with van der Waals surface area (Å²) >= 11 is 0. The Hall–Kier alpha value is -4.25. The summed E-state index contributed by atoms with van der Waals surface area (Å²) in [6, 6.07) is 9.82. The number of halogens is 2. The maximum Gasteiger partial charge on any atom is 0.264 e. The highest BCUT2D eigenvalue weighted by atomic mass is 32.2. The van der Waals surface area contributed by atoms with Crippen molar-refractivity contribution in [1.29, 1.82) is 0 Å². The molecule has 0 aliphatic carbocycles. The molecule has 2 aromatic carbocycles. The van der Waals surface area contributed by atoms with Gasteiger partial charge in [0, 0.05) is 49.5 Å². The van der Waals surface area contributed by atoms with Crippen LogP contribution < -0.4 is 4.72 Å². The summed E-state index contributed by atoms with van der Waals surface area (Å²) in [5.74, 6) is -2.45. The molecule has 1 heterocycles. The van der Waals surface area contributed by atoms with Gasteiger partial charge in [-0.25, -0.2) is 17.2 Å². The Morgan fingerprint density at radius 1 is 1.18 bits per heavy atom. The number of nitrogens with zero attached hydrogens (tertiary/aromatic N) is 4. The molecule has 3 rings (SSSR count). The van der Waals surface area contributed by atoms with E-state index in [4.69, 9.17) is 4.74 Å². The van der Waals surface area contributed by atoms with Crippen molar-refractivity contribution in [3.63, 3.8) is 0 Å². The van der Waals surface area contributed by atoms with Crippen molar-refractivity contribution in [3.05, 3.63) is 95.9 Å². The van der Waals surface area contributed by atoms with Gasteiger partial charge in [-0.3, -0.25) is 14.7 Å². The number of hydrogen-bond donors (Lipinski definition) is 1. The van der Waals surface area contributed by atoms with Crippen LogP contribution in [-0.4, -0.2) is 45.9 Å². The lowest BCUT2D eigenvalue weighted by molar-refractivity contribution is 0.400. The molecule has 198 valence electrons. The third-order valence-electron chi connectivity index (χ3n) is 5.48. The van der Waals surface area contributed by atoms with Crippen LogP contribution in [0.4, 0.5) is 8.78 Å². The van der Waals surface area contributed by atoms with Crippen molar-refractivity contribution in [2.75, 3.05) is 14.2 Å². The predicted octanol–water partition coefficient (Wildman–Crippen LogP) is 4.94. The minimum absolute atomic E-state index is 0.00458. The number of fused-ring (bicyclic) bond motifs is 1. The Balaban J connectivity index is 1.99. The van der Waals surface area contributed by atoms with E-state index in [1.807, 2.05) is 31.2 Å². The Morgan fingerprint density at radius 3 is 2.66 bits per heavy atom. The first-order valence-corrected chi connectivity index (χ1v) is 12.9. The smallest absolute Gasteiger partial charge is 0.264 e. The van der Waals surface area contributed by atoms with Crippen LogP contribution in [0.25, 0.3) is 10.9 Å². The summed E-state index contributed by atoms with van der Waals surface area (Å²) in [4.78, 5) is 7.70.